The standard InChI is InChI=1S/C15H24N4O2/c1-11-6-7-12(16)9-13(11)18-14(20)5-4-8-19(3)10-15(21)17-2/h6-7,9H,4-5,8,10,16H2,1-3H3,(H,17,21)(H,18,20). The zero-order chi connectivity index (χ0) is 15.8. The highest BCUT2D eigenvalue weighted by Gasteiger charge is 2.08. The summed E-state index contributed by atoms with van der Waals surface area (Å²) in [5, 5.41) is 5.43. The fourth-order valence-electron chi connectivity index (χ4n) is 1.90. The Hall–Kier alpha value is -2.08. The number of carbonyl (C=O) groups is 2. The highest BCUT2D eigenvalue weighted by Crippen LogP contribution is 2.18. The van der Waals surface area contributed by atoms with Crippen molar-refractivity contribution < 1.29 is 9.59 Å². The van der Waals surface area contributed by atoms with Crippen molar-refractivity contribution >= 4 is 23.2 Å². The number of benzene rings is 1. The first-order chi connectivity index (χ1) is 9.92. The molecule has 0 saturated carbocycles. The number of anilines is 2. The lowest BCUT2D eigenvalue weighted by atomic mass is 10.1. The van der Waals surface area contributed by atoms with Crippen LogP contribution in [0.3, 0.4) is 0 Å². The van der Waals surface area contributed by atoms with Crippen LogP contribution in [0.4, 0.5) is 11.4 Å². The largest absolute Gasteiger partial charge is 0.399 e. The normalized spacial score (nSPS) is 10.5. The Labute approximate surface area is 125 Å². The summed E-state index contributed by atoms with van der Waals surface area (Å²) in [7, 11) is 3.46. The van der Waals surface area contributed by atoms with Crippen LogP contribution in [0.5, 0.6) is 0 Å². The Morgan fingerprint density at radius 2 is 2.00 bits per heavy atom. The highest BCUT2D eigenvalue weighted by molar-refractivity contribution is 5.92. The van der Waals surface area contributed by atoms with Crippen LogP contribution in [0.25, 0.3) is 0 Å². The molecular weight excluding hydrogens is 268 g/mol. The number of nitrogens with one attached hydrogen (secondary N) is 2. The van der Waals surface area contributed by atoms with Crippen LogP contribution in [0.2, 0.25) is 0 Å². The minimum atomic E-state index is -0.0444. The molecule has 0 radical (unpaired) electrons. The van der Waals surface area contributed by atoms with E-state index in [-0.39, 0.29) is 11.8 Å². The molecule has 0 aliphatic rings. The number of nitrogens with two attached hydrogens (primary N) is 1. The second-order valence-electron chi connectivity index (χ2n) is 5.14. The number of nitrogen functional groups attached to an aromatic ring is 1. The average Bonchev–Trinajstić information content (AvgIpc) is 2.42. The van der Waals surface area contributed by atoms with Crippen LogP contribution >= 0.6 is 0 Å². The Morgan fingerprint density at radius 3 is 2.67 bits per heavy atom. The van der Waals surface area contributed by atoms with Crippen LogP contribution < -0.4 is 16.4 Å². The molecule has 0 aliphatic carbocycles. The van der Waals surface area contributed by atoms with Gasteiger partial charge in [0.1, 0.15) is 0 Å². The van der Waals surface area contributed by atoms with Gasteiger partial charge in [0.25, 0.3) is 0 Å². The fraction of sp³-hybridized carbons (Fsp3) is 0.467. The van der Waals surface area contributed by atoms with Gasteiger partial charge in [-0.2, -0.15) is 0 Å². The molecule has 6 heteroatoms. The van der Waals surface area contributed by atoms with Crippen LogP contribution in [-0.2, 0) is 9.59 Å². The zero-order valence-corrected chi connectivity index (χ0v) is 12.9. The van der Waals surface area contributed by atoms with Crippen LogP contribution in [-0.4, -0.2) is 43.9 Å². The first-order valence-electron chi connectivity index (χ1n) is 6.97. The number of rotatable bonds is 7. The lowest BCUT2D eigenvalue weighted by molar-refractivity contribution is -0.121. The van der Waals surface area contributed by atoms with Gasteiger partial charge in [-0.1, -0.05) is 6.07 Å². The van der Waals surface area contributed by atoms with Gasteiger partial charge in [-0.3, -0.25) is 14.5 Å². The van der Waals surface area contributed by atoms with Crippen molar-refractivity contribution in [2.45, 2.75) is 19.8 Å². The van der Waals surface area contributed by atoms with Crippen molar-refractivity contribution in [3.63, 3.8) is 0 Å². The van der Waals surface area contributed by atoms with Crippen molar-refractivity contribution in [2.24, 2.45) is 0 Å². The minimum Gasteiger partial charge on any atom is -0.399 e. The maximum Gasteiger partial charge on any atom is 0.233 e. The first-order valence-corrected chi connectivity index (χ1v) is 6.97. The van der Waals surface area contributed by atoms with Crippen molar-refractivity contribution in [2.75, 3.05) is 38.2 Å². The Balaban J connectivity index is 2.34. The van der Waals surface area contributed by atoms with E-state index < -0.39 is 0 Å². The molecule has 116 valence electrons. The van der Waals surface area contributed by atoms with Gasteiger partial charge in [0.2, 0.25) is 11.8 Å². The predicted molar refractivity (Wildman–Crippen MR) is 85.0 cm³/mol. The van der Waals surface area contributed by atoms with Crippen LogP contribution in [0.1, 0.15) is 18.4 Å². The predicted octanol–water partition coefficient (Wildman–Crippen LogP) is 0.974. The molecule has 0 heterocycles. The first kappa shape index (κ1) is 17.0. The fourth-order valence-corrected chi connectivity index (χ4v) is 1.90. The molecule has 0 bridgehead atoms. The average molecular weight is 292 g/mol. The Bertz CT molecular complexity index is 502. The highest BCUT2D eigenvalue weighted by atomic mass is 16.2. The smallest absolute Gasteiger partial charge is 0.233 e. The number of hydrogen-bond donors (Lipinski definition) is 3. The van der Waals surface area contributed by atoms with Crippen molar-refractivity contribution in [3.05, 3.63) is 23.8 Å². The lowest BCUT2D eigenvalue weighted by Crippen LogP contribution is -2.33. The van der Waals surface area contributed by atoms with Crippen molar-refractivity contribution in [3.8, 4) is 0 Å². The van der Waals surface area contributed by atoms with E-state index in [9.17, 15) is 9.59 Å². The number of likely N-dealkylation sites (N-methyl/N-ethyl adjacent to an activating group) is 2. The summed E-state index contributed by atoms with van der Waals surface area (Å²) in [5.41, 5.74) is 8.06. The lowest BCUT2D eigenvalue weighted by Gasteiger charge is -2.15. The molecule has 1 aromatic rings. The summed E-state index contributed by atoms with van der Waals surface area (Å²) in [5.74, 6) is -0.0746. The van der Waals surface area contributed by atoms with Crippen molar-refractivity contribution in [1.29, 1.82) is 0 Å². The quantitative estimate of drug-likeness (QED) is 0.654. The monoisotopic (exact) mass is 292 g/mol. The molecule has 0 aromatic heterocycles. The van der Waals surface area contributed by atoms with E-state index in [1.54, 1.807) is 19.2 Å². The summed E-state index contributed by atoms with van der Waals surface area (Å²) in [6.07, 6.45) is 1.10. The molecule has 2 amide bonds. The van der Waals surface area contributed by atoms with E-state index in [1.807, 2.05) is 24.9 Å². The van der Waals surface area contributed by atoms with E-state index in [1.165, 1.54) is 0 Å². The molecule has 0 unspecified atom stereocenters. The van der Waals surface area contributed by atoms with Gasteiger partial charge in [0, 0.05) is 24.8 Å². The minimum absolute atomic E-state index is 0.0302. The van der Waals surface area contributed by atoms with E-state index in [0.717, 1.165) is 11.3 Å². The number of aryl methyl sites for hydroxylation is 1. The van der Waals surface area contributed by atoms with Crippen molar-refractivity contribution in [1.82, 2.24) is 10.2 Å². The summed E-state index contributed by atoms with van der Waals surface area (Å²) in [4.78, 5) is 25.0. The number of hydrogen-bond acceptors (Lipinski definition) is 4. The third kappa shape index (κ3) is 6.27. The molecule has 21 heavy (non-hydrogen) atoms. The molecule has 6 nitrogen and oxygen atoms in total. The number of nitrogens with zero attached hydrogens (tertiary/aromatic N) is 1. The molecular formula is C15H24N4O2. The molecule has 1 aromatic carbocycles. The van der Waals surface area contributed by atoms with Gasteiger partial charge >= 0.3 is 0 Å². The Morgan fingerprint density at radius 1 is 1.29 bits per heavy atom. The Kier molecular flexibility index (Phi) is 6.68. The van der Waals surface area contributed by atoms with Gasteiger partial charge < -0.3 is 16.4 Å². The summed E-state index contributed by atoms with van der Waals surface area (Å²) < 4.78 is 0. The van der Waals surface area contributed by atoms with Gasteiger partial charge in [-0.05, 0) is 44.6 Å². The summed E-state index contributed by atoms with van der Waals surface area (Å²) in [6.45, 7) is 2.95. The SMILES string of the molecule is CNC(=O)CN(C)CCCC(=O)Nc1cc(N)ccc1C. The third-order valence-corrected chi connectivity index (χ3v) is 3.17. The summed E-state index contributed by atoms with van der Waals surface area (Å²) in [6, 6.07) is 5.44. The van der Waals surface area contributed by atoms with E-state index in [4.69, 9.17) is 5.73 Å². The molecule has 0 atom stereocenters. The number of carbonyl (C=O) groups excluding carboxylic acids is 2. The van der Waals surface area contributed by atoms with Crippen LogP contribution in [0, 0.1) is 6.92 Å². The van der Waals surface area contributed by atoms with Crippen LogP contribution in [0.15, 0.2) is 18.2 Å². The molecule has 0 aliphatic heterocycles. The topological polar surface area (TPSA) is 87.5 Å². The van der Waals surface area contributed by atoms with E-state index in [0.29, 0.717) is 31.6 Å². The van der Waals surface area contributed by atoms with E-state index in [2.05, 4.69) is 10.6 Å². The molecule has 0 fully saturated rings. The molecule has 1 rings (SSSR count). The van der Waals surface area contributed by atoms with E-state index >= 15 is 0 Å². The summed E-state index contributed by atoms with van der Waals surface area (Å²) >= 11 is 0. The molecule has 0 spiro atoms. The van der Waals surface area contributed by atoms with Gasteiger partial charge in [0.15, 0.2) is 0 Å². The van der Waals surface area contributed by atoms with Gasteiger partial charge in [-0.25, -0.2) is 0 Å². The van der Waals surface area contributed by atoms with Gasteiger partial charge in [-0.15, -0.1) is 0 Å². The second-order valence-corrected chi connectivity index (χ2v) is 5.14. The molecule has 4 N–H and O–H groups in total. The van der Waals surface area contributed by atoms with Gasteiger partial charge in [0.05, 0.1) is 6.54 Å². The third-order valence-electron chi connectivity index (χ3n) is 3.17. The number of amides is 2. The second kappa shape index (κ2) is 8.26. The molecule has 0 saturated heterocycles. The maximum absolute atomic E-state index is 11.9. The zero-order valence-electron chi connectivity index (χ0n) is 12.9. The maximum atomic E-state index is 11.9.